The van der Waals surface area contributed by atoms with Gasteiger partial charge in [0.15, 0.2) is 11.5 Å². The monoisotopic (exact) mass is 563 g/mol. The van der Waals surface area contributed by atoms with Crippen molar-refractivity contribution in [1.29, 1.82) is 0 Å². The summed E-state index contributed by atoms with van der Waals surface area (Å²) in [5, 5.41) is 6.33. The number of amides is 2. The normalized spacial score (nSPS) is 13.0. The van der Waals surface area contributed by atoms with Crippen LogP contribution in [-0.4, -0.2) is 48.2 Å². The van der Waals surface area contributed by atoms with Crippen LogP contribution in [-0.2, 0) is 26.6 Å². The van der Waals surface area contributed by atoms with Gasteiger partial charge in [-0.1, -0.05) is 48.5 Å². The molecule has 0 aliphatic carbocycles. The lowest BCUT2D eigenvalue weighted by atomic mass is 10.0. The van der Waals surface area contributed by atoms with Crippen LogP contribution >= 0.6 is 11.8 Å². The molecule has 1 aliphatic heterocycles. The third-order valence-corrected chi connectivity index (χ3v) is 7.28. The number of thioether (sulfide) groups is 1. The highest BCUT2D eigenvalue weighted by Crippen LogP contribution is 2.39. The zero-order valence-electron chi connectivity index (χ0n) is 23.0. The molecule has 210 valence electrons. The first-order valence-electron chi connectivity index (χ1n) is 13.0. The molecule has 2 aromatic carbocycles. The van der Waals surface area contributed by atoms with Crippen molar-refractivity contribution >= 4 is 46.2 Å². The number of aromatic nitrogens is 1. The van der Waals surface area contributed by atoms with Crippen LogP contribution < -0.4 is 16.2 Å². The van der Waals surface area contributed by atoms with Gasteiger partial charge in [0.05, 0.1) is 24.7 Å². The smallest absolute Gasteiger partial charge is 0.407 e. The second-order valence-electron chi connectivity index (χ2n) is 10.2. The van der Waals surface area contributed by atoms with Gasteiger partial charge in [0.25, 0.3) is 11.5 Å². The number of rotatable bonds is 9. The first-order valence-corrected chi connectivity index (χ1v) is 14.0. The predicted molar refractivity (Wildman–Crippen MR) is 156 cm³/mol. The zero-order chi connectivity index (χ0) is 28.9. The van der Waals surface area contributed by atoms with Crippen molar-refractivity contribution < 1.29 is 23.9 Å². The summed E-state index contributed by atoms with van der Waals surface area (Å²) in [6, 6.07) is 16.3. The Morgan fingerprint density at radius 1 is 0.975 bits per heavy atom. The molecule has 0 radical (unpaired) electrons. The van der Waals surface area contributed by atoms with Crippen LogP contribution in [0.5, 0.6) is 0 Å². The van der Waals surface area contributed by atoms with Gasteiger partial charge in [-0.3, -0.25) is 19.0 Å². The van der Waals surface area contributed by atoms with E-state index in [0.29, 0.717) is 41.2 Å². The lowest BCUT2D eigenvalue weighted by molar-refractivity contribution is -0.116. The molecule has 2 N–H and O–H groups in total. The van der Waals surface area contributed by atoms with Crippen LogP contribution in [0.1, 0.15) is 48.7 Å². The number of pyridine rings is 1. The number of Topliss-reactive ketones (excluding diaryl/α,β-unsaturated/α-hetero) is 1. The standard InChI is InChI=1S/C30H33N3O6S/c1-30(2,3)39-29(37)32-16-10-15-31-27(35)26-25(38-4)24-21(18-40-26)20-13-8-9-14-22(20)33(28(24)36)17-23(34)19-11-6-5-7-12-19/h5-9,11-14H,10,15-18H2,1-4H3,(H,31,35)(H,32,37). The summed E-state index contributed by atoms with van der Waals surface area (Å²) < 4.78 is 12.3. The van der Waals surface area contributed by atoms with Gasteiger partial charge in [-0.05, 0) is 38.8 Å². The first-order chi connectivity index (χ1) is 19.1. The number of fused-ring (bicyclic) bond motifs is 3. The number of para-hydroxylation sites is 1. The van der Waals surface area contributed by atoms with Gasteiger partial charge in [0, 0.05) is 29.8 Å². The number of carbonyl (C=O) groups is 3. The molecule has 1 aromatic heterocycles. The molecule has 2 amide bonds. The molecule has 4 rings (SSSR count). The van der Waals surface area contributed by atoms with Gasteiger partial charge in [0.1, 0.15) is 10.5 Å². The van der Waals surface area contributed by atoms with Crippen LogP contribution in [0, 0.1) is 0 Å². The number of benzene rings is 2. The summed E-state index contributed by atoms with van der Waals surface area (Å²) in [5.74, 6) is 0.0180. The third-order valence-electron chi connectivity index (χ3n) is 6.19. The van der Waals surface area contributed by atoms with Crippen molar-refractivity contribution in [2.45, 2.75) is 45.1 Å². The molecular formula is C30H33N3O6S. The molecule has 10 heteroatoms. The molecule has 3 aromatic rings. The second kappa shape index (κ2) is 12.4. The van der Waals surface area contributed by atoms with Crippen molar-refractivity contribution in [1.82, 2.24) is 15.2 Å². The zero-order valence-corrected chi connectivity index (χ0v) is 23.9. The average Bonchev–Trinajstić information content (AvgIpc) is 2.93. The van der Waals surface area contributed by atoms with Crippen LogP contribution in [0.4, 0.5) is 4.79 Å². The Bertz CT molecular complexity index is 1520. The number of ether oxygens (including phenoxy) is 2. The summed E-state index contributed by atoms with van der Waals surface area (Å²) in [7, 11) is 1.43. The molecule has 40 heavy (non-hydrogen) atoms. The Hall–Kier alpha value is -4.05. The molecule has 9 nitrogen and oxygen atoms in total. The van der Waals surface area contributed by atoms with Crippen LogP contribution in [0.15, 0.2) is 64.3 Å². The van der Waals surface area contributed by atoms with Gasteiger partial charge in [-0.15, -0.1) is 11.8 Å². The van der Waals surface area contributed by atoms with E-state index in [4.69, 9.17) is 9.47 Å². The quantitative estimate of drug-likeness (QED) is 0.291. The second-order valence-corrected chi connectivity index (χ2v) is 11.2. The minimum absolute atomic E-state index is 0.146. The molecule has 0 bridgehead atoms. The number of ketones is 1. The third kappa shape index (κ3) is 6.56. The highest BCUT2D eigenvalue weighted by Gasteiger charge is 2.31. The molecule has 1 aliphatic rings. The van der Waals surface area contributed by atoms with Gasteiger partial charge >= 0.3 is 6.09 Å². The maximum Gasteiger partial charge on any atom is 0.407 e. The average molecular weight is 564 g/mol. The summed E-state index contributed by atoms with van der Waals surface area (Å²) >= 11 is 1.30. The van der Waals surface area contributed by atoms with E-state index in [-0.39, 0.29) is 35.1 Å². The van der Waals surface area contributed by atoms with Crippen molar-refractivity contribution in [3.05, 3.63) is 86.5 Å². The van der Waals surface area contributed by atoms with E-state index in [0.717, 1.165) is 10.9 Å². The van der Waals surface area contributed by atoms with E-state index >= 15 is 0 Å². The van der Waals surface area contributed by atoms with E-state index in [1.54, 1.807) is 45.0 Å². The highest BCUT2D eigenvalue weighted by molar-refractivity contribution is 8.03. The summed E-state index contributed by atoms with van der Waals surface area (Å²) in [5.41, 5.74) is 1.24. The minimum atomic E-state index is -0.589. The van der Waals surface area contributed by atoms with Crippen molar-refractivity contribution in [2.24, 2.45) is 0 Å². The fourth-order valence-electron chi connectivity index (χ4n) is 4.43. The largest absolute Gasteiger partial charge is 0.495 e. The molecule has 0 saturated heterocycles. The summed E-state index contributed by atoms with van der Waals surface area (Å²) in [6.45, 7) is 5.84. The number of carbonyl (C=O) groups excluding carboxylic acids is 3. The Labute approximate surface area is 236 Å². The fourth-order valence-corrected chi connectivity index (χ4v) is 5.54. The summed E-state index contributed by atoms with van der Waals surface area (Å²) in [6.07, 6.45) is -0.0298. The van der Waals surface area contributed by atoms with Gasteiger partial charge < -0.3 is 20.1 Å². The topological polar surface area (TPSA) is 116 Å². The van der Waals surface area contributed by atoms with Gasteiger partial charge in [0.2, 0.25) is 0 Å². The molecule has 0 unspecified atom stereocenters. The number of nitrogens with one attached hydrogen (secondary N) is 2. The number of methoxy groups -OCH3 is 1. The van der Waals surface area contributed by atoms with Crippen LogP contribution in [0.25, 0.3) is 16.7 Å². The molecule has 0 spiro atoms. The van der Waals surface area contributed by atoms with Crippen molar-refractivity contribution in [3.8, 4) is 0 Å². The number of hydrogen-bond donors (Lipinski definition) is 2. The first kappa shape index (κ1) is 28.9. The Morgan fingerprint density at radius 3 is 2.35 bits per heavy atom. The van der Waals surface area contributed by atoms with Crippen LogP contribution in [0.2, 0.25) is 0 Å². The molecule has 2 heterocycles. The summed E-state index contributed by atoms with van der Waals surface area (Å²) in [4.78, 5) is 52.2. The van der Waals surface area contributed by atoms with Gasteiger partial charge in [-0.2, -0.15) is 0 Å². The number of alkyl carbamates (subject to hydrolysis) is 1. The number of hydrogen-bond acceptors (Lipinski definition) is 7. The maximum atomic E-state index is 13.9. The Morgan fingerprint density at radius 2 is 1.65 bits per heavy atom. The van der Waals surface area contributed by atoms with E-state index in [1.165, 1.54) is 23.4 Å². The van der Waals surface area contributed by atoms with E-state index in [2.05, 4.69) is 10.6 Å². The minimum Gasteiger partial charge on any atom is -0.495 e. The van der Waals surface area contributed by atoms with Crippen molar-refractivity contribution in [2.75, 3.05) is 20.2 Å². The maximum absolute atomic E-state index is 13.9. The van der Waals surface area contributed by atoms with E-state index in [1.807, 2.05) is 30.3 Å². The predicted octanol–water partition coefficient (Wildman–Crippen LogP) is 4.48. The van der Waals surface area contributed by atoms with Gasteiger partial charge in [-0.25, -0.2) is 4.79 Å². The molecule has 0 atom stereocenters. The molecular weight excluding hydrogens is 530 g/mol. The molecule has 0 saturated carbocycles. The van der Waals surface area contributed by atoms with Crippen molar-refractivity contribution in [3.63, 3.8) is 0 Å². The SMILES string of the molecule is COC1=C(C(=O)NCCCNC(=O)OC(C)(C)C)SCc2c1c(=O)n(CC(=O)c1ccccc1)c1ccccc21. The van der Waals surface area contributed by atoms with E-state index in [9.17, 15) is 19.2 Å². The molecule has 0 fully saturated rings. The van der Waals surface area contributed by atoms with Crippen LogP contribution in [0.3, 0.4) is 0 Å². The lowest BCUT2D eigenvalue weighted by Crippen LogP contribution is -2.35. The number of nitrogens with zero attached hydrogens (tertiary/aromatic N) is 1. The fraction of sp³-hybridized carbons (Fsp3) is 0.333. The van der Waals surface area contributed by atoms with E-state index < -0.39 is 11.7 Å². The lowest BCUT2D eigenvalue weighted by Gasteiger charge is -2.24. The highest BCUT2D eigenvalue weighted by atomic mass is 32.2. The Balaban J connectivity index is 1.58. The Kier molecular flexibility index (Phi) is 8.99.